The van der Waals surface area contributed by atoms with Crippen molar-refractivity contribution >= 4 is 17.5 Å². The van der Waals surface area contributed by atoms with Crippen molar-refractivity contribution in [3.8, 4) is 11.1 Å². The predicted octanol–water partition coefficient (Wildman–Crippen LogP) is 4.58. The van der Waals surface area contributed by atoms with Crippen molar-refractivity contribution in [3.63, 3.8) is 0 Å². The minimum Gasteiger partial charge on any atom is -0.399 e. The Kier molecular flexibility index (Phi) is 5.52. The second-order valence-corrected chi connectivity index (χ2v) is 8.16. The summed E-state index contributed by atoms with van der Waals surface area (Å²) in [5.74, 6) is -3.79. The first kappa shape index (κ1) is 21.1. The maximum Gasteiger partial charge on any atom is 0.421 e. The highest BCUT2D eigenvalue weighted by atomic mass is 19.1. The maximum atomic E-state index is 13.3. The Labute approximate surface area is 191 Å². The average Bonchev–Trinajstić information content (AvgIpc) is 3.12. The van der Waals surface area contributed by atoms with Crippen molar-refractivity contribution in [3.05, 3.63) is 102 Å². The Bertz CT molecular complexity index is 1190. The molecular formula is C27H22FNO4. The van der Waals surface area contributed by atoms with Gasteiger partial charge < -0.3 is 9.47 Å². The number of esters is 2. The summed E-state index contributed by atoms with van der Waals surface area (Å²) in [7, 11) is 0. The molecule has 2 heterocycles. The number of benzene rings is 3. The van der Waals surface area contributed by atoms with E-state index in [9.17, 15) is 14.0 Å². The zero-order valence-electron chi connectivity index (χ0n) is 17.9. The lowest BCUT2D eigenvalue weighted by molar-refractivity contribution is -0.246. The molecule has 2 aliphatic heterocycles. The molecule has 166 valence electrons. The third kappa shape index (κ3) is 4.30. The topological polar surface area (TPSA) is 55.8 Å². The van der Waals surface area contributed by atoms with E-state index in [1.54, 1.807) is 12.1 Å². The highest BCUT2D eigenvalue weighted by Gasteiger charge is 2.54. The van der Waals surface area contributed by atoms with E-state index in [-0.39, 0.29) is 12.2 Å². The molecule has 5 nitrogen and oxygen atoms in total. The van der Waals surface area contributed by atoms with E-state index >= 15 is 0 Å². The molecule has 0 N–H and O–H groups in total. The van der Waals surface area contributed by atoms with Gasteiger partial charge in [0, 0.05) is 13.1 Å². The van der Waals surface area contributed by atoms with Crippen LogP contribution >= 0.6 is 0 Å². The molecule has 0 atom stereocenters. The Morgan fingerprint density at radius 3 is 2.06 bits per heavy atom. The normalized spacial score (nSPS) is 17.5. The fourth-order valence-corrected chi connectivity index (χ4v) is 4.28. The average molecular weight is 443 g/mol. The highest BCUT2D eigenvalue weighted by molar-refractivity contribution is 6.31. The lowest BCUT2D eigenvalue weighted by Crippen LogP contribution is -2.53. The number of carbonyl (C=O) groups excluding carboxylic acids is 2. The largest absolute Gasteiger partial charge is 0.421 e. The van der Waals surface area contributed by atoms with E-state index in [0.717, 1.165) is 27.8 Å². The molecule has 6 heteroatoms. The van der Waals surface area contributed by atoms with Crippen LogP contribution in [0.3, 0.4) is 0 Å². The Morgan fingerprint density at radius 1 is 0.788 bits per heavy atom. The zero-order chi connectivity index (χ0) is 22.8. The SMILES string of the molecule is O=C1OC2(CC(c3ccc(F)cc3)=CCN2CCc2ccc(-c3ccccc3)cc2)OC1=O. The quantitative estimate of drug-likeness (QED) is 0.427. The number of halogens is 1. The van der Waals surface area contributed by atoms with Crippen molar-refractivity contribution in [1.82, 2.24) is 4.90 Å². The molecule has 33 heavy (non-hydrogen) atoms. The Morgan fingerprint density at radius 2 is 1.39 bits per heavy atom. The van der Waals surface area contributed by atoms with Crippen LogP contribution in [0, 0.1) is 5.82 Å². The van der Waals surface area contributed by atoms with Crippen LogP contribution in [0.15, 0.2) is 84.9 Å². The lowest BCUT2D eigenvalue weighted by Gasteiger charge is -2.40. The number of hydrogen-bond donors (Lipinski definition) is 0. The van der Waals surface area contributed by atoms with Crippen LogP contribution in [-0.2, 0) is 25.5 Å². The molecule has 1 saturated heterocycles. The van der Waals surface area contributed by atoms with E-state index in [1.165, 1.54) is 12.1 Å². The smallest absolute Gasteiger partial charge is 0.399 e. The van der Waals surface area contributed by atoms with Crippen molar-refractivity contribution in [1.29, 1.82) is 0 Å². The molecule has 2 aliphatic rings. The van der Waals surface area contributed by atoms with Gasteiger partial charge >= 0.3 is 17.8 Å². The fourth-order valence-electron chi connectivity index (χ4n) is 4.28. The van der Waals surface area contributed by atoms with Crippen LogP contribution in [0.1, 0.15) is 17.5 Å². The second kappa shape index (κ2) is 8.64. The highest BCUT2D eigenvalue weighted by Crippen LogP contribution is 2.39. The van der Waals surface area contributed by atoms with E-state index in [2.05, 4.69) is 36.4 Å². The van der Waals surface area contributed by atoms with Gasteiger partial charge in [0.2, 0.25) is 0 Å². The summed E-state index contributed by atoms with van der Waals surface area (Å²) in [5.41, 5.74) is 5.04. The first-order valence-corrected chi connectivity index (χ1v) is 10.8. The van der Waals surface area contributed by atoms with Gasteiger partial charge in [-0.25, -0.2) is 18.9 Å². The van der Waals surface area contributed by atoms with Gasteiger partial charge in [0.05, 0.1) is 6.42 Å². The van der Waals surface area contributed by atoms with Crippen molar-refractivity contribution < 1.29 is 23.5 Å². The maximum absolute atomic E-state index is 13.3. The van der Waals surface area contributed by atoms with Crippen molar-refractivity contribution in [2.24, 2.45) is 0 Å². The van der Waals surface area contributed by atoms with Crippen LogP contribution in [0.25, 0.3) is 16.7 Å². The predicted molar refractivity (Wildman–Crippen MR) is 121 cm³/mol. The molecule has 3 aromatic rings. The van der Waals surface area contributed by atoms with E-state index in [0.29, 0.717) is 19.5 Å². The van der Waals surface area contributed by atoms with E-state index in [4.69, 9.17) is 9.47 Å². The molecule has 0 bridgehead atoms. The van der Waals surface area contributed by atoms with Crippen LogP contribution in [0.4, 0.5) is 4.39 Å². The molecule has 3 aromatic carbocycles. The monoisotopic (exact) mass is 443 g/mol. The minimum atomic E-state index is -1.48. The molecule has 0 amide bonds. The van der Waals surface area contributed by atoms with Gasteiger partial charge in [-0.3, -0.25) is 0 Å². The van der Waals surface area contributed by atoms with Gasteiger partial charge in [-0.2, -0.15) is 0 Å². The van der Waals surface area contributed by atoms with Crippen molar-refractivity contribution in [2.45, 2.75) is 18.8 Å². The molecule has 0 saturated carbocycles. The summed E-state index contributed by atoms with van der Waals surface area (Å²) in [6.45, 7) is 0.952. The summed E-state index contributed by atoms with van der Waals surface area (Å²) < 4.78 is 24.2. The molecule has 1 fully saturated rings. The Hall–Kier alpha value is -3.77. The van der Waals surface area contributed by atoms with Crippen LogP contribution < -0.4 is 0 Å². The lowest BCUT2D eigenvalue weighted by atomic mass is 9.96. The summed E-state index contributed by atoms with van der Waals surface area (Å²) >= 11 is 0. The number of ether oxygens (including phenoxy) is 2. The van der Waals surface area contributed by atoms with Crippen LogP contribution in [0.5, 0.6) is 0 Å². The summed E-state index contributed by atoms with van der Waals surface area (Å²) in [6.07, 6.45) is 2.87. The van der Waals surface area contributed by atoms with Gasteiger partial charge in [0.15, 0.2) is 0 Å². The molecule has 0 aliphatic carbocycles. The van der Waals surface area contributed by atoms with E-state index in [1.807, 2.05) is 29.2 Å². The third-order valence-electron chi connectivity index (χ3n) is 6.07. The molecule has 0 unspecified atom stereocenters. The van der Waals surface area contributed by atoms with Gasteiger partial charge in [0.1, 0.15) is 5.82 Å². The first-order valence-electron chi connectivity index (χ1n) is 10.8. The molecular weight excluding hydrogens is 421 g/mol. The number of nitrogens with zero attached hydrogens (tertiary/aromatic N) is 1. The zero-order valence-corrected chi connectivity index (χ0v) is 17.9. The first-order chi connectivity index (χ1) is 16.0. The number of rotatable bonds is 5. The summed E-state index contributed by atoms with van der Waals surface area (Å²) in [5, 5.41) is 0. The second-order valence-electron chi connectivity index (χ2n) is 8.16. The molecule has 5 rings (SSSR count). The van der Waals surface area contributed by atoms with Gasteiger partial charge in [-0.1, -0.05) is 72.8 Å². The number of carbonyl (C=O) groups is 2. The van der Waals surface area contributed by atoms with Gasteiger partial charge in [-0.05, 0) is 46.4 Å². The van der Waals surface area contributed by atoms with Crippen molar-refractivity contribution in [2.75, 3.05) is 13.1 Å². The summed E-state index contributed by atoms with van der Waals surface area (Å²) in [4.78, 5) is 25.7. The summed E-state index contributed by atoms with van der Waals surface area (Å²) in [6, 6.07) is 24.5. The van der Waals surface area contributed by atoms with Crippen LogP contribution in [-0.4, -0.2) is 35.8 Å². The van der Waals surface area contributed by atoms with E-state index < -0.39 is 17.8 Å². The standard InChI is InChI=1S/C27H22FNO4/c28-24-12-10-22(11-13-24)23-15-17-29(27(18-23)32-25(30)26(31)33-27)16-14-19-6-8-21(9-7-19)20-4-2-1-3-5-20/h1-13,15H,14,16-18H2. The van der Waals surface area contributed by atoms with Gasteiger partial charge in [0.25, 0.3) is 0 Å². The third-order valence-corrected chi connectivity index (χ3v) is 6.07. The van der Waals surface area contributed by atoms with Gasteiger partial charge in [-0.15, -0.1) is 0 Å². The molecule has 1 spiro atoms. The fraction of sp³-hybridized carbons (Fsp3) is 0.185. The number of hydrogen-bond acceptors (Lipinski definition) is 5. The van der Waals surface area contributed by atoms with Crippen LogP contribution in [0.2, 0.25) is 0 Å². The Balaban J connectivity index is 1.33. The molecule has 0 aromatic heterocycles. The minimum absolute atomic E-state index is 0.184. The molecule has 0 radical (unpaired) electrons.